The number of H-pyrrole nitrogens is 1. The number of aromatic nitrogens is 3. The number of aromatic amines is 1. The maximum absolute atomic E-state index is 12.3. The molecule has 6 heteroatoms. The van der Waals surface area contributed by atoms with E-state index < -0.39 is 0 Å². The van der Waals surface area contributed by atoms with E-state index in [1.807, 2.05) is 44.2 Å². The van der Waals surface area contributed by atoms with Crippen molar-refractivity contribution in [3.8, 4) is 0 Å². The summed E-state index contributed by atoms with van der Waals surface area (Å²) < 4.78 is 0. The van der Waals surface area contributed by atoms with Crippen molar-refractivity contribution in [3.63, 3.8) is 0 Å². The zero-order valence-corrected chi connectivity index (χ0v) is 14.8. The van der Waals surface area contributed by atoms with Crippen molar-refractivity contribution >= 4 is 28.6 Å². The smallest absolute Gasteiger partial charge is 0.233 e. The number of fused-ring (bicyclic) bond motifs is 1. The van der Waals surface area contributed by atoms with Crippen LogP contribution in [-0.4, -0.2) is 26.3 Å². The van der Waals surface area contributed by atoms with Crippen LogP contribution in [0, 0.1) is 13.8 Å². The van der Waals surface area contributed by atoms with Gasteiger partial charge in [-0.25, -0.2) is 4.98 Å². The summed E-state index contributed by atoms with van der Waals surface area (Å²) in [4.78, 5) is 16.9. The number of amides is 1. The summed E-state index contributed by atoms with van der Waals surface area (Å²) in [5.41, 5.74) is 3.94. The van der Waals surface area contributed by atoms with Crippen molar-refractivity contribution in [2.75, 3.05) is 0 Å². The summed E-state index contributed by atoms with van der Waals surface area (Å²) in [5, 5.41) is 11.7. The highest BCUT2D eigenvalue weighted by Gasteiger charge is 2.16. The Hall–Kier alpha value is -2.34. The molecule has 1 atom stereocenters. The van der Waals surface area contributed by atoms with Crippen LogP contribution in [0.1, 0.15) is 23.9 Å². The second-order valence-corrected chi connectivity index (χ2v) is 7.18. The molecule has 0 saturated carbocycles. The highest BCUT2D eigenvalue weighted by Crippen LogP contribution is 2.26. The number of benzene rings is 1. The van der Waals surface area contributed by atoms with Crippen molar-refractivity contribution < 1.29 is 4.79 Å². The van der Waals surface area contributed by atoms with E-state index in [0.717, 1.165) is 27.3 Å². The van der Waals surface area contributed by atoms with Crippen molar-refractivity contribution in [3.05, 3.63) is 53.3 Å². The summed E-state index contributed by atoms with van der Waals surface area (Å²) in [6, 6.07) is 12.0. The van der Waals surface area contributed by atoms with Gasteiger partial charge in [-0.2, -0.15) is 5.10 Å². The maximum atomic E-state index is 12.3. The van der Waals surface area contributed by atoms with Crippen LogP contribution in [0.25, 0.3) is 10.9 Å². The van der Waals surface area contributed by atoms with Gasteiger partial charge >= 0.3 is 0 Å². The molecule has 0 spiro atoms. The van der Waals surface area contributed by atoms with Crippen LogP contribution >= 0.6 is 11.8 Å². The molecule has 0 bridgehead atoms. The first kappa shape index (κ1) is 16.5. The average molecular weight is 340 g/mol. The lowest BCUT2D eigenvalue weighted by Crippen LogP contribution is -2.30. The number of nitrogens with zero attached hydrogens (tertiary/aromatic N) is 2. The Morgan fingerprint density at radius 1 is 1.29 bits per heavy atom. The second kappa shape index (κ2) is 7.05. The molecular formula is C18H20N4OS. The van der Waals surface area contributed by atoms with E-state index in [0.29, 0.717) is 6.54 Å². The van der Waals surface area contributed by atoms with Crippen LogP contribution in [0.4, 0.5) is 0 Å². The summed E-state index contributed by atoms with van der Waals surface area (Å²) >= 11 is 1.47. The molecule has 0 aliphatic heterocycles. The van der Waals surface area contributed by atoms with Crippen LogP contribution in [0.2, 0.25) is 0 Å². The predicted octanol–water partition coefficient (Wildman–Crippen LogP) is 3.37. The molecule has 0 fully saturated rings. The third-order valence-corrected chi connectivity index (χ3v) is 4.79. The third-order valence-electron chi connectivity index (χ3n) is 3.77. The quantitative estimate of drug-likeness (QED) is 0.699. The molecule has 5 nitrogen and oxygen atoms in total. The minimum atomic E-state index is -0.224. The summed E-state index contributed by atoms with van der Waals surface area (Å²) in [6.07, 6.45) is 0. The summed E-state index contributed by atoms with van der Waals surface area (Å²) in [5.74, 6) is -0.0201. The fourth-order valence-corrected chi connectivity index (χ4v) is 3.45. The van der Waals surface area contributed by atoms with Crippen LogP contribution in [0.5, 0.6) is 0 Å². The first-order chi connectivity index (χ1) is 11.5. The molecule has 1 aromatic carbocycles. The number of rotatable bonds is 5. The largest absolute Gasteiger partial charge is 0.349 e. The van der Waals surface area contributed by atoms with Gasteiger partial charge in [0.1, 0.15) is 0 Å². The molecule has 3 rings (SSSR count). The zero-order chi connectivity index (χ0) is 17.1. The van der Waals surface area contributed by atoms with E-state index in [4.69, 9.17) is 0 Å². The van der Waals surface area contributed by atoms with Crippen molar-refractivity contribution in [2.24, 2.45) is 0 Å². The van der Waals surface area contributed by atoms with E-state index in [9.17, 15) is 4.79 Å². The minimum absolute atomic E-state index is 0.0201. The number of aryl methyl sites for hydroxylation is 2. The number of nitrogens with one attached hydrogen (secondary N) is 2. The van der Waals surface area contributed by atoms with Crippen molar-refractivity contribution in [1.29, 1.82) is 0 Å². The standard InChI is InChI=1S/C18H20N4OS/c1-11-8-17(20-16-7-5-4-6-15(11)16)24-13(3)18(23)19-10-14-9-12(2)21-22-14/h4-9,13H,10H2,1-3H3,(H,19,23)(H,21,22). The van der Waals surface area contributed by atoms with E-state index in [1.165, 1.54) is 17.3 Å². The Labute approximate surface area is 145 Å². The lowest BCUT2D eigenvalue weighted by atomic mass is 10.1. The van der Waals surface area contributed by atoms with Crippen LogP contribution in [-0.2, 0) is 11.3 Å². The van der Waals surface area contributed by atoms with Crippen LogP contribution < -0.4 is 5.32 Å². The number of carbonyl (C=O) groups is 1. The fraction of sp³-hybridized carbons (Fsp3) is 0.278. The molecule has 1 unspecified atom stereocenters. The molecule has 0 aliphatic rings. The molecule has 2 N–H and O–H groups in total. The van der Waals surface area contributed by atoms with Gasteiger partial charge in [0.15, 0.2) is 0 Å². The molecular weight excluding hydrogens is 320 g/mol. The first-order valence-electron chi connectivity index (χ1n) is 7.84. The van der Waals surface area contributed by atoms with E-state index in [1.54, 1.807) is 0 Å². The Balaban J connectivity index is 1.65. The number of para-hydroxylation sites is 1. The minimum Gasteiger partial charge on any atom is -0.349 e. The maximum Gasteiger partial charge on any atom is 0.233 e. The number of hydrogen-bond acceptors (Lipinski definition) is 4. The topological polar surface area (TPSA) is 70.7 Å². The molecule has 0 radical (unpaired) electrons. The second-order valence-electron chi connectivity index (χ2n) is 5.81. The lowest BCUT2D eigenvalue weighted by molar-refractivity contribution is -0.120. The molecule has 2 aromatic heterocycles. The lowest BCUT2D eigenvalue weighted by Gasteiger charge is -2.12. The summed E-state index contributed by atoms with van der Waals surface area (Å²) in [6.45, 7) is 6.32. The molecule has 124 valence electrons. The van der Waals surface area contributed by atoms with Crippen LogP contribution in [0.3, 0.4) is 0 Å². The van der Waals surface area contributed by atoms with Gasteiger partial charge in [0, 0.05) is 11.1 Å². The highest BCUT2D eigenvalue weighted by atomic mass is 32.2. The predicted molar refractivity (Wildman–Crippen MR) is 97.0 cm³/mol. The van der Waals surface area contributed by atoms with Crippen molar-refractivity contribution in [2.45, 2.75) is 37.6 Å². The normalized spacial score (nSPS) is 12.3. The van der Waals surface area contributed by atoms with Gasteiger partial charge in [-0.15, -0.1) is 0 Å². The average Bonchev–Trinajstić information content (AvgIpc) is 2.98. The first-order valence-corrected chi connectivity index (χ1v) is 8.72. The highest BCUT2D eigenvalue weighted by molar-refractivity contribution is 8.00. The molecule has 1 amide bonds. The van der Waals surface area contributed by atoms with E-state index >= 15 is 0 Å². The van der Waals surface area contributed by atoms with Gasteiger partial charge in [-0.1, -0.05) is 30.0 Å². The monoisotopic (exact) mass is 340 g/mol. The molecule has 3 aromatic rings. The molecule has 24 heavy (non-hydrogen) atoms. The Bertz CT molecular complexity index is 874. The van der Waals surface area contributed by atoms with Gasteiger partial charge in [0.2, 0.25) is 5.91 Å². The van der Waals surface area contributed by atoms with Crippen molar-refractivity contribution in [1.82, 2.24) is 20.5 Å². The SMILES string of the molecule is Cc1cc(CNC(=O)C(C)Sc2cc(C)c3ccccc3n2)n[nH]1. The van der Waals surface area contributed by atoms with Gasteiger partial charge in [0.25, 0.3) is 0 Å². The van der Waals surface area contributed by atoms with E-state index in [-0.39, 0.29) is 11.2 Å². The third kappa shape index (κ3) is 3.76. The van der Waals surface area contributed by atoms with Gasteiger partial charge in [-0.05, 0) is 44.5 Å². The molecule has 2 heterocycles. The molecule has 0 saturated heterocycles. The summed E-state index contributed by atoms with van der Waals surface area (Å²) in [7, 11) is 0. The number of carbonyl (C=O) groups excluding carboxylic acids is 1. The number of thioether (sulfide) groups is 1. The van der Waals surface area contributed by atoms with Crippen LogP contribution in [0.15, 0.2) is 41.4 Å². The Morgan fingerprint density at radius 2 is 2.08 bits per heavy atom. The van der Waals surface area contributed by atoms with Gasteiger partial charge in [-0.3, -0.25) is 9.89 Å². The number of hydrogen-bond donors (Lipinski definition) is 2. The molecule has 0 aliphatic carbocycles. The fourth-order valence-electron chi connectivity index (χ4n) is 2.50. The Morgan fingerprint density at radius 3 is 2.83 bits per heavy atom. The van der Waals surface area contributed by atoms with E-state index in [2.05, 4.69) is 33.5 Å². The zero-order valence-electron chi connectivity index (χ0n) is 14.0. The number of pyridine rings is 1. The Kier molecular flexibility index (Phi) is 4.85. The van der Waals surface area contributed by atoms with Gasteiger partial charge in [0.05, 0.1) is 28.0 Å². The van der Waals surface area contributed by atoms with Gasteiger partial charge < -0.3 is 5.32 Å².